The Labute approximate surface area is 79.2 Å². The van der Waals surface area contributed by atoms with Gasteiger partial charge in [0, 0.05) is 18.2 Å². The fourth-order valence-corrected chi connectivity index (χ4v) is 1.33. The van der Waals surface area contributed by atoms with Gasteiger partial charge in [0.1, 0.15) is 0 Å². The minimum Gasteiger partial charge on any atom is -0.364 e. The molecule has 1 aliphatic rings. The molecule has 2 rings (SSSR count). The van der Waals surface area contributed by atoms with E-state index in [-0.39, 0.29) is 11.9 Å². The van der Waals surface area contributed by atoms with Crippen LogP contribution in [0.3, 0.4) is 0 Å². The van der Waals surface area contributed by atoms with Crippen molar-refractivity contribution in [3.63, 3.8) is 0 Å². The van der Waals surface area contributed by atoms with Gasteiger partial charge in [-0.1, -0.05) is 0 Å². The predicted molar refractivity (Wildman–Crippen MR) is 45.7 cm³/mol. The highest BCUT2D eigenvalue weighted by Gasteiger charge is 2.44. The van der Waals surface area contributed by atoms with Gasteiger partial charge in [0.15, 0.2) is 11.6 Å². The molecule has 1 heterocycles. The van der Waals surface area contributed by atoms with Gasteiger partial charge in [0.05, 0.1) is 0 Å². The molecule has 2 atom stereocenters. The minimum absolute atomic E-state index is 0.0562. The van der Waals surface area contributed by atoms with Crippen LogP contribution in [0.1, 0.15) is 6.42 Å². The van der Waals surface area contributed by atoms with Crippen molar-refractivity contribution >= 4 is 5.82 Å². The number of halogens is 3. The maximum Gasteiger partial charge on any atom is 0.243 e. The first-order valence-corrected chi connectivity index (χ1v) is 4.33. The lowest BCUT2D eigenvalue weighted by Crippen LogP contribution is -2.10. The monoisotopic (exact) mass is 202 g/mol. The van der Waals surface area contributed by atoms with Crippen LogP contribution in [0.25, 0.3) is 0 Å². The molecule has 0 spiro atoms. The summed E-state index contributed by atoms with van der Waals surface area (Å²) in [6.45, 7) is 0. The van der Waals surface area contributed by atoms with Gasteiger partial charge in [0.2, 0.25) is 6.43 Å². The molecule has 0 aromatic carbocycles. The van der Waals surface area contributed by atoms with E-state index in [0.29, 0.717) is 6.42 Å². The van der Waals surface area contributed by atoms with E-state index in [4.69, 9.17) is 0 Å². The zero-order chi connectivity index (χ0) is 10.1. The number of nitrogens with one attached hydrogen (secondary N) is 1. The first kappa shape index (κ1) is 9.30. The van der Waals surface area contributed by atoms with Gasteiger partial charge in [-0.15, -0.1) is 0 Å². The van der Waals surface area contributed by atoms with Crippen molar-refractivity contribution in [2.45, 2.75) is 18.9 Å². The fourth-order valence-electron chi connectivity index (χ4n) is 1.33. The van der Waals surface area contributed by atoms with Crippen molar-refractivity contribution in [2.75, 3.05) is 5.32 Å². The molecule has 0 unspecified atom stereocenters. The lowest BCUT2D eigenvalue weighted by atomic mass is 10.4. The van der Waals surface area contributed by atoms with Gasteiger partial charge in [-0.2, -0.15) is 0 Å². The normalized spacial score (nSPS) is 25.1. The largest absolute Gasteiger partial charge is 0.364 e. The number of rotatable bonds is 3. The minimum atomic E-state index is -2.33. The molecule has 5 heteroatoms. The Balaban J connectivity index is 1.97. The van der Waals surface area contributed by atoms with Crippen LogP contribution < -0.4 is 5.32 Å². The van der Waals surface area contributed by atoms with Crippen molar-refractivity contribution in [3.8, 4) is 0 Å². The van der Waals surface area contributed by atoms with Crippen LogP contribution in [0.2, 0.25) is 0 Å². The smallest absolute Gasteiger partial charge is 0.243 e. The van der Waals surface area contributed by atoms with Gasteiger partial charge in [-0.3, -0.25) is 0 Å². The van der Waals surface area contributed by atoms with Crippen molar-refractivity contribution in [1.29, 1.82) is 0 Å². The average Bonchev–Trinajstić information content (AvgIpc) is 2.88. The Bertz CT molecular complexity index is 330. The van der Waals surface area contributed by atoms with E-state index in [9.17, 15) is 13.2 Å². The number of hydrogen-bond donors (Lipinski definition) is 1. The number of aromatic nitrogens is 1. The molecule has 1 aromatic rings. The van der Waals surface area contributed by atoms with E-state index < -0.39 is 18.2 Å². The Morgan fingerprint density at radius 3 is 2.86 bits per heavy atom. The van der Waals surface area contributed by atoms with E-state index >= 15 is 0 Å². The summed E-state index contributed by atoms with van der Waals surface area (Å²) in [5, 5.41) is 2.65. The number of nitrogens with zero attached hydrogens (tertiary/aromatic N) is 1. The fraction of sp³-hybridized carbons (Fsp3) is 0.444. The van der Waals surface area contributed by atoms with Crippen LogP contribution in [0.4, 0.5) is 19.0 Å². The highest BCUT2D eigenvalue weighted by Crippen LogP contribution is 2.38. The number of pyridine rings is 1. The molecule has 14 heavy (non-hydrogen) atoms. The van der Waals surface area contributed by atoms with Crippen molar-refractivity contribution in [2.24, 2.45) is 5.92 Å². The predicted octanol–water partition coefficient (Wildman–Crippen LogP) is 2.29. The molecule has 0 bridgehead atoms. The summed E-state index contributed by atoms with van der Waals surface area (Å²) >= 11 is 0. The third kappa shape index (κ3) is 1.81. The summed E-state index contributed by atoms with van der Waals surface area (Å²) in [6.07, 6.45) is -0.530. The van der Waals surface area contributed by atoms with E-state index in [1.807, 2.05) is 0 Å². The molecule has 2 nitrogen and oxygen atoms in total. The Kier molecular flexibility index (Phi) is 2.31. The number of hydrogen-bond acceptors (Lipinski definition) is 2. The molecule has 1 aromatic heterocycles. The van der Waals surface area contributed by atoms with E-state index in [1.165, 1.54) is 18.3 Å². The molecule has 1 saturated carbocycles. The maximum absolute atomic E-state index is 13.0. The van der Waals surface area contributed by atoms with Crippen LogP contribution in [0.15, 0.2) is 18.3 Å². The average molecular weight is 202 g/mol. The lowest BCUT2D eigenvalue weighted by molar-refractivity contribution is 0.121. The second-order valence-electron chi connectivity index (χ2n) is 3.32. The zero-order valence-corrected chi connectivity index (χ0v) is 7.25. The summed E-state index contributed by atoms with van der Waals surface area (Å²) in [5.41, 5.74) is 0. The first-order chi connectivity index (χ1) is 6.68. The summed E-state index contributed by atoms with van der Waals surface area (Å²) in [4.78, 5) is 3.72. The van der Waals surface area contributed by atoms with Crippen molar-refractivity contribution in [3.05, 3.63) is 24.1 Å². The Morgan fingerprint density at radius 1 is 1.50 bits per heavy atom. The topological polar surface area (TPSA) is 24.9 Å². The SMILES string of the molecule is Fc1cccnc1N[C@H]1C[C@@H]1C(F)F. The Hall–Kier alpha value is -1.26. The highest BCUT2D eigenvalue weighted by atomic mass is 19.3. The zero-order valence-electron chi connectivity index (χ0n) is 7.25. The van der Waals surface area contributed by atoms with Crippen LogP contribution in [0, 0.1) is 11.7 Å². The van der Waals surface area contributed by atoms with Gasteiger partial charge >= 0.3 is 0 Å². The van der Waals surface area contributed by atoms with Crippen LogP contribution in [-0.2, 0) is 0 Å². The Morgan fingerprint density at radius 2 is 2.29 bits per heavy atom. The molecule has 1 fully saturated rings. The molecule has 1 aliphatic carbocycles. The molecule has 76 valence electrons. The maximum atomic E-state index is 13.0. The van der Waals surface area contributed by atoms with E-state index in [0.717, 1.165) is 0 Å². The highest BCUT2D eigenvalue weighted by molar-refractivity contribution is 5.38. The van der Waals surface area contributed by atoms with Crippen LogP contribution in [-0.4, -0.2) is 17.5 Å². The number of alkyl halides is 2. The lowest BCUT2D eigenvalue weighted by Gasteiger charge is -2.04. The third-order valence-corrected chi connectivity index (χ3v) is 2.24. The molecule has 0 amide bonds. The molecule has 0 saturated heterocycles. The van der Waals surface area contributed by atoms with E-state index in [2.05, 4.69) is 10.3 Å². The molecular weight excluding hydrogens is 193 g/mol. The van der Waals surface area contributed by atoms with Gasteiger partial charge in [-0.05, 0) is 18.6 Å². The molecule has 0 aliphatic heterocycles. The van der Waals surface area contributed by atoms with E-state index in [1.54, 1.807) is 0 Å². The molecule has 1 N–H and O–H groups in total. The first-order valence-electron chi connectivity index (χ1n) is 4.33. The summed E-state index contributed by atoms with van der Waals surface area (Å²) in [5.74, 6) is -1.11. The standard InChI is InChI=1S/C9H9F3N2/c10-6-2-1-3-13-9(6)14-7-4-5(7)8(11)12/h1-3,5,7-8H,4H2,(H,13,14)/t5-,7-/m0/s1. The third-order valence-electron chi connectivity index (χ3n) is 2.24. The molecule has 0 radical (unpaired) electrons. The van der Waals surface area contributed by atoms with Gasteiger partial charge in [-0.25, -0.2) is 18.2 Å². The van der Waals surface area contributed by atoms with Crippen LogP contribution in [0.5, 0.6) is 0 Å². The summed E-state index contributed by atoms with van der Waals surface area (Å²) in [6, 6.07) is 2.37. The summed E-state index contributed by atoms with van der Waals surface area (Å²) in [7, 11) is 0. The van der Waals surface area contributed by atoms with Gasteiger partial charge < -0.3 is 5.32 Å². The van der Waals surface area contributed by atoms with Crippen molar-refractivity contribution in [1.82, 2.24) is 4.98 Å². The quantitative estimate of drug-likeness (QED) is 0.813. The van der Waals surface area contributed by atoms with Crippen molar-refractivity contribution < 1.29 is 13.2 Å². The molecular formula is C9H9F3N2. The number of anilines is 1. The summed E-state index contributed by atoms with van der Waals surface area (Å²) < 4.78 is 37.2. The second-order valence-corrected chi connectivity index (χ2v) is 3.32. The second kappa shape index (κ2) is 3.48. The van der Waals surface area contributed by atoms with Crippen LogP contribution >= 0.6 is 0 Å². The van der Waals surface area contributed by atoms with Gasteiger partial charge in [0.25, 0.3) is 0 Å².